The van der Waals surface area contributed by atoms with Gasteiger partial charge in [-0.3, -0.25) is 10.00 Å². The van der Waals surface area contributed by atoms with E-state index in [9.17, 15) is 0 Å². The van der Waals surface area contributed by atoms with Crippen LogP contribution in [0, 0.1) is 11.7 Å². The molecule has 1 unspecified atom stereocenters. The summed E-state index contributed by atoms with van der Waals surface area (Å²) in [6.45, 7) is 5.15. The minimum atomic E-state index is 0.514. The molecule has 1 heterocycles. The lowest BCUT2D eigenvalue weighted by molar-refractivity contribution is 0.224. The summed E-state index contributed by atoms with van der Waals surface area (Å²) >= 11 is 5.19. The topological polar surface area (TPSA) is 36.9 Å². The molecule has 5 heteroatoms. The van der Waals surface area contributed by atoms with Crippen molar-refractivity contribution in [1.82, 2.24) is 19.7 Å². The predicted molar refractivity (Wildman–Crippen MR) is 62.4 cm³/mol. The minimum Gasteiger partial charge on any atom is -0.303 e. The van der Waals surface area contributed by atoms with E-state index >= 15 is 0 Å². The van der Waals surface area contributed by atoms with Crippen molar-refractivity contribution in [3.8, 4) is 0 Å². The zero-order chi connectivity index (χ0) is 11.0. The number of aromatic amines is 1. The molecule has 15 heavy (non-hydrogen) atoms. The normalized spacial score (nSPS) is 18.4. The van der Waals surface area contributed by atoms with E-state index < -0.39 is 0 Å². The van der Waals surface area contributed by atoms with Crippen LogP contribution in [0.3, 0.4) is 0 Å². The van der Waals surface area contributed by atoms with Gasteiger partial charge in [0.25, 0.3) is 0 Å². The van der Waals surface area contributed by atoms with Crippen LogP contribution in [0.15, 0.2) is 0 Å². The molecule has 0 saturated heterocycles. The van der Waals surface area contributed by atoms with Crippen molar-refractivity contribution in [2.45, 2.75) is 45.3 Å². The molecule has 1 aliphatic carbocycles. The smallest absolute Gasteiger partial charge is 0.195 e. The molecule has 1 aromatic rings. The molecule has 0 bridgehead atoms. The number of hydrogen-bond donors (Lipinski definition) is 1. The fourth-order valence-corrected chi connectivity index (χ4v) is 2.10. The van der Waals surface area contributed by atoms with Crippen LogP contribution in [0.1, 0.15) is 25.6 Å². The van der Waals surface area contributed by atoms with E-state index in [-0.39, 0.29) is 0 Å². The van der Waals surface area contributed by atoms with Gasteiger partial charge in [0, 0.05) is 18.6 Å². The molecule has 4 nitrogen and oxygen atoms in total. The Labute approximate surface area is 95.3 Å². The lowest BCUT2D eigenvalue weighted by Gasteiger charge is -2.24. The average molecular weight is 226 g/mol. The lowest BCUT2D eigenvalue weighted by atomic mass is 10.3. The van der Waals surface area contributed by atoms with E-state index in [1.807, 2.05) is 6.92 Å². The Morgan fingerprint density at radius 2 is 2.33 bits per heavy atom. The second-order valence-corrected chi connectivity index (χ2v) is 4.82. The molecule has 0 amide bonds. The van der Waals surface area contributed by atoms with Gasteiger partial charge in [-0.15, -0.1) is 0 Å². The highest BCUT2D eigenvalue weighted by atomic mass is 32.1. The summed E-state index contributed by atoms with van der Waals surface area (Å²) in [6, 6.07) is 1.31. The number of aromatic nitrogens is 3. The Hall–Kier alpha value is -0.680. The lowest BCUT2D eigenvalue weighted by Crippen LogP contribution is -2.34. The van der Waals surface area contributed by atoms with Crippen LogP contribution in [-0.2, 0) is 6.54 Å². The third kappa shape index (κ3) is 2.29. The third-order valence-corrected chi connectivity index (χ3v) is 3.53. The molecular formula is C10H18N4S. The number of H-pyrrole nitrogens is 1. The first-order valence-corrected chi connectivity index (χ1v) is 5.84. The molecule has 84 valence electrons. The zero-order valence-electron chi connectivity index (χ0n) is 9.53. The van der Waals surface area contributed by atoms with Crippen LogP contribution in [0.4, 0.5) is 0 Å². The van der Waals surface area contributed by atoms with Gasteiger partial charge in [0.2, 0.25) is 0 Å². The summed E-state index contributed by atoms with van der Waals surface area (Å²) in [5.74, 6) is 0.969. The van der Waals surface area contributed by atoms with Crippen molar-refractivity contribution in [1.29, 1.82) is 0 Å². The van der Waals surface area contributed by atoms with Crippen LogP contribution in [-0.4, -0.2) is 38.8 Å². The molecule has 1 fully saturated rings. The second-order valence-electron chi connectivity index (χ2n) is 4.43. The summed E-state index contributed by atoms with van der Waals surface area (Å²) in [5, 5.41) is 6.94. The molecule has 1 saturated carbocycles. The monoisotopic (exact) mass is 226 g/mol. The highest BCUT2D eigenvalue weighted by molar-refractivity contribution is 7.71. The first-order valence-electron chi connectivity index (χ1n) is 5.43. The zero-order valence-corrected chi connectivity index (χ0v) is 10.3. The molecule has 1 N–H and O–H groups in total. The first kappa shape index (κ1) is 10.8. The maximum atomic E-state index is 5.19. The summed E-state index contributed by atoms with van der Waals surface area (Å²) in [6.07, 6.45) is 2.69. The van der Waals surface area contributed by atoms with Gasteiger partial charge in [-0.2, -0.15) is 5.10 Å². The summed E-state index contributed by atoms with van der Waals surface area (Å²) in [5.41, 5.74) is 0. The Balaban J connectivity index is 2.04. The first-order chi connectivity index (χ1) is 7.09. The highest BCUT2D eigenvalue weighted by Crippen LogP contribution is 2.27. The Bertz CT molecular complexity index is 390. The Morgan fingerprint density at radius 3 is 2.80 bits per heavy atom. The van der Waals surface area contributed by atoms with Crippen LogP contribution in [0.2, 0.25) is 0 Å². The third-order valence-electron chi connectivity index (χ3n) is 3.21. The van der Waals surface area contributed by atoms with Crippen molar-refractivity contribution in [3.63, 3.8) is 0 Å². The van der Waals surface area contributed by atoms with E-state index in [0.29, 0.717) is 6.04 Å². The molecule has 0 aliphatic heterocycles. The van der Waals surface area contributed by atoms with Gasteiger partial charge in [-0.1, -0.05) is 0 Å². The van der Waals surface area contributed by atoms with Crippen LogP contribution < -0.4 is 0 Å². The fraction of sp³-hybridized carbons (Fsp3) is 0.800. The van der Waals surface area contributed by atoms with E-state index in [4.69, 9.17) is 12.2 Å². The van der Waals surface area contributed by atoms with E-state index in [2.05, 4.69) is 33.6 Å². The van der Waals surface area contributed by atoms with Gasteiger partial charge >= 0.3 is 0 Å². The maximum Gasteiger partial charge on any atom is 0.195 e. The summed E-state index contributed by atoms with van der Waals surface area (Å²) < 4.78 is 2.79. The SMILES string of the molecule is Cc1n[nH]c(=S)n1CC(C)N(C)C1CC1. The quantitative estimate of drug-likeness (QED) is 0.794. The minimum absolute atomic E-state index is 0.514. The molecule has 1 atom stereocenters. The molecule has 0 aromatic carbocycles. The van der Waals surface area contributed by atoms with Crippen LogP contribution in [0.25, 0.3) is 0 Å². The molecular weight excluding hydrogens is 208 g/mol. The number of aryl methyl sites for hydroxylation is 1. The standard InChI is InChI=1S/C10H18N4S/c1-7(13(3)9-4-5-9)6-14-8(2)11-12-10(14)15/h7,9H,4-6H2,1-3H3,(H,12,15). The predicted octanol–water partition coefficient (Wildman–Crippen LogP) is 1.73. The van der Waals surface area contributed by atoms with Crippen LogP contribution in [0.5, 0.6) is 0 Å². The number of hydrogen-bond acceptors (Lipinski definition) is 3. The largest absolute Gasteiger partial charge is 0.303 e. The maximum absolute atomic E-state index is 5.19. The molecule has 0 spiro atoms. The van der Waals surface area contributed by atoms with Crippen LogP contribution >= 0.6 is 12.2 Å². The van der Waals surface area contributed by atoms with Gasteiger partial charge < -0.3 is 4.57 Å². The van der Waals surface area contributed by atoms with Gasteiger partial charge in [-0.25, -0.2) is 0 Å². The van der Waals surface area contributed by atoms with Gasteiger partial charge in [0.15, 0.2) is 4.77 Å². The number of nitrogens with one attached hydrogen (secondary N) is 1. The van der Waals surface area contributed by atoms with Crippen molar-refractivity contribution >= 4 is 12.2 Å². The van der Waals surface area contributed by atoms with Crippen molar-refractivity contribution in [2.24, 2.45) is 0 Å². The number of likely N-dealkylation sites (N-methyl/N-ethyl adjacent to an activating group) is 1. The van der Waals surface area contributed by atoms with Crippen molar-refractivity contribution in [2.75, 3.05) is 7.05 Å². The Morgan fingerprint density at radius 1 is 1.67 bits per heavy atom. The van der Waals surface area contributed by atoms with Gasteiger partial charge in [-0.05, 0) is 46.0 Å². The van der Waals surface area contributed by atoms with E-state index in [0.717, 1.165) is 23.2 Å². The van der Waals surface area contributed by atoms with Gasteiger partial charge in [0.05, 0.1) is 0 Å². The van der Waals surface area contributed by atoms with Gasteiger partial charge in [0.1, 0.15) is 5.82 Å². The Kier molecular flexibility index (Phi) is 2.93. The fourth-order valence-electron chi connectivity index (χ4n) is 1.85. The molecule has 2 rings (SSSR count). The second kappa shape index (κ2) is 4.06. The highest BCUT2D eigenvalue weighted by Gasteiger charge is 2.29. The molecule has 0 radical (unpaired) electrons. The number of rotatable bonds is 4. The summed E-state index contributed by atoms with van der Waals surface area (Å²) in [4.78, 5) is 2.44. The number of nitrogens with zero attached hydrogens (tertiary/aromatic N) is 3. The summed E-state index contributed by atoms with van der Waals surface area (Å²) in [7, 11) is 2.20. The van der Waals surface area contributed by atoms with Crippen molar-refractivity contribution in [3.05, 3.63) is 10.6 Å². The molecule has 1 aliphatic rings. The van der Waals surface area contributed by atoms with Crippen molar-refractivity contribution < 1.29 is 0 Å². The average Bonchev–Trinajstić information content (AvgIpc) is 3.00. The van der Waals surface area contributed by atoms with E-state index in [1.54, 1.807) is 0 Å². The van der Waals surface area contributed by atoms with E-state index in [1.165, 1.54) is 12.8 Å². The molecule has 1 aromatic heterocycles.